The van der Waals surface area contributed by atoms with E-state index < -0.39 is 0 Å². The predicted octanol–water partition coefficient (Wildman–Crippen LogP) is 2.62. The van der Waals surface area contributed by atoms with Gasteiger partial charge >= 0.3 is 0 Å². The fraction of sp³-hybridized carbons (Fsp3) is 0.250. The number of carbonyl (C=O) groups excluding carboxylic acids is 1. The first-order valence-corrected chi connectivity index (χ1v) is 8.63. The van der Waals surface area contributed by atoms with Crippen LogP contribution < -0.4 is 10.9 Å². The minimum Gasteiger partial charge on any atom is -0.469 e. The largest absolute Gasteiger partial charge is 0.469 e. The Kier molecular flexibility index (Phi) is 5.80. The van der Waals surface area contributed by atoms with E-state index in [1.54, 1.807) is 37.5 Å². The Bertz CT molecular complexity index is 949. The Morgan fingerprint density at radius 1 is 1.22 bits per heavy atom. The molecular weight excluding hydrogens is 349 g/mol. The van der Waals surface area contributed by atoms with Crippen molar-refractivity contribution < 1.29 is 13.6 Å². The van der Waals surface area contributed by atoms with Crippen molar-refractivity contribution in [3.63, 3.8) is 0 Å². The van der Waals surface area contributed by atoms with Gasteiger partial charge in [-0.3, -0.25) is 9.59 Å². The van der Waals surface area contributed by atoms with Crippen LogP contribution in [0, 0.1) is 12.7 Å². The molecule has 2 aromatic heterocycles. The van der Waals surface area contributed by atoms with E-state index in [4.69, 9.17) is 4.42 Å². The highest BCUT2D eigenvalue weighted by atomic mass is 19.1. The first-order chi connectivity index (χ1) is 13.0. The van der Waals surface area contributed by atoms with E-state index in [0.717, 1.165) is 16.0 Å². The number of furan rings is 1. The van der Waals surface area contributed by atoms with Crippen LogP contribution in [-0.2, 0) is 11.3 Å². The number of nitrogens with one attached hydrogen (secondary N) is 1. The summed E-state index contributed by atoms with van der Waals surface area (Å²) in [4.78, 5) is 23.9. The number of nitrogens with zero attached hydrogens (tertiary/aromatic N) is 2. The number of hydrogen-bond donors (Lipinski definition) is 1. The van der Waals surface area contributed by atoms with Gasteiger partial charge in [-0.1, -0.05) is 12.1 Å². The Morgan fingerprint density at radius 2 is 2.00 bits per heavy atom. The first-order valence-electron chi connectivity index (χ1n) is 8.63. The molecule has 0 aliphatic carbocycles. The molecule has 1 amide bonds. The van der Waals surface area contributed by atoms with Gasteiger partial charge in [0.25, 0.3) is 5.56 Å². The van der Waals surface area contributed by atoms with Gasteiger partial charge in [-0.2, -0.15) is 5.10 Å². The monoisotopic (exact) mass is 369 g/mol. The molecule has 3 aromatic rings. The molecular formula is C20H20FN3O3. The van der Waals surface area contributed by atoms with Crippen molar-refractivity contribution in [2.24, 2.45) is 0 Å². The third-order valence-electron chi connectivity index (χ3n) is 4.21. The maximum Gasteiger partial charge on any atom is 0.267 e. The molecule has 6 nitrogen and oxygen atoms in total. The van der Waals surface area contributed by atoms with E-state index in [9.17, 15) is 14.0 Å². The molecule has 0 fully saturated rings. The van der Waals surface area contributed by atoms with Crippen LogP contribution in [0.15, 0.2) is 64.0 Å². The third-order valence-corrected chi connectivity index (χ3v) is 4.21. The molecule has 27 heavy (non-hydrogen) atoms. The number of benzene rings is 1. The SMILES string of the molecule is Cc1ccc(=O)n(CC(=O)NCCC(c2ccc(F)cc2)c2ccco2)n1. The molecule has 1 aromatic carbocycles. The van der Waals surface area contributed by atoms with Gasteiger partial charge in [0, 0.05) is 18.5 Å². The summed E-state index contributed by atoms with van der Waals surface area (Å²) in [6.45, 7) is 2.00. The van der Waals surface area contributed by atoms with Crippen LogP contribution in [0.25, 0.3) is 0 Å². The minimum atomic E-state index is -0.324. The van der Waals surface area contributed by atoms with E-state index >= 15 is 0 Å². The second kappa shape index (κ2) is 8.44. The van der Waals surface area contributed by atoms with Crippen molar-refractivity contribution in [2.75, 3.05) is 6.54 Å². The number of rotatable bonds is 7. The van der Waals surface area contributed by atoms with Crippen molar-refractivity contribution in [1.29, 1.82) is 0 Å². The number of amides is 1. The molecule has 0 saturated heterocycles. The Balaban J connectivity index is 1.62. The second-order valence-electron chi connectivity index (χ2n) is 6.23. The summed E-state index contributed by atoms with van der Waals surface area (Å²) in [5.74, 6) is 0.0296. The number of aromatic nitrogens is 2. The Labute approximate surface area is 155 Å². The second-order valence-corrected chi connectivity index (χ2v) is 6.23. The number of halogens is 1. The molecule has 0 aliphatic rings. The zero-order valence-electron chi connectivity index (χ0n) is 14.9. The molecule has 0 saturated carbocycles. The molecule has 0 radical (unpaired) electrons. The molecule has 0 aliphatic heterocycles. The molecule has 2 heterocycles. The van der Waals surface area contributed by atoms with Gasteiger partial charge < -0.3 is 9.73 Å². The van der Waals surface area contributed by atoms with Crippen molar-refractivity contribution in [3.8, 4) is 0 Å². The van der Waals surface area contributed by atoms with E-state index in [1.807, 2.05) is 6.07 Å². The fourth-order valence-electron chi connectivity index (χ4n) is 2.87. The summed E-state index contributed by atoms with van der Waals surface area (Å²) in [5, 5.41) is 6.84. The summed E-state index contributed by atoms with van der Waals surface area (Å²) in [7, 11) is 0. The van der Waals surface area contributed by atoms with Gasteiger partial charge in [0.1, 0.15) is 18.1 Å². The van der Waals surface area contributed by atoms with Gasteiger partial charge in [0.2, 0.25) is 5.91 Å². The smallest absolute Gasteiger partial charge is 0.267 e. The van der Waals surface area contributed by atoms with E-state index in [0.29, 0.717) is 18.7 Å². The number of aryl methyl sites for hydroxylation is 1. The van der Waals surface area contributed by atoms with Crippen LogP contribution in [0.3, 0.4) is 0 Å². The fourth-order valence-corrected chi connectivity index (χ4v) is 2.87. The minimum absolute atomic E-state index is 0.110. The van der Waals surface area contributed by atoms with Crippen LogP contribution >= 0.6 is 0 Å². The van der Waals surface area contributed by atoms with Crippen molar-refractivity contribution >= 4 is 5.91 Å². The number of carbonyl (C=O) groups is 1. The summed E-state index contributed by atoms with van der Waals surface area (Å²) in [6.07, 6.45) is 2.15. The van der Waals surface area contributed by atoms with Gasteiger partial charge in [-0.15, -0.1) is 0 Å². The highest BCUT2D eigenvalue weighted by molar-refractivity contribution is 5.75. The van der Waals surface area contributed by atoms with E-state index in [1.165, 1.54) is 18.2 Å². The van der Waals surface area contributed by atoms with Gasteiger partial charge in [-0.25, -0.2) is 9.07 Å². The van der Waals surface area contributed by atoms with E-state index in [-0.39, 0.29) is 29.7 Å². The normalized spacial score (nSPS) is 11.9. The molecule has 1 unspecified atom stereocenters. The molecule has 140 valence electrons. The molecule has 1 N–H and O–H groups in total. The van der Waals surface area contributed by atoms with Gasteiger partial charge in [0.15, 0.2) is 0 Å². The maximum absolute atomic E-state index is 13.2. The maximum atomic E-state index is 13.2. The molecule has 3 rings (SSSR count). The van der Waals surface area contributed by atoms with Crippen LogP contribution in [-0.4, -0.2) is 22.2 Å². The van der Waals surface area contributed by atoms with Crippen LogP contribution in [0.1, 0.15) is 29.4 Å². The van der Waals surface area contributed by atoms with Crippen molar-refractivity contribution in [3.05, 3.63) is 88.0 Å². The van der Waals surface area contributed by atoms with Gasteiger partial charge in [0.05, 0.1) is 12.0 Å². The van der Waals surface area contributed by atoms with E-state index in [2.05, 4.69) is 10.4 Å². The summed E-state index contributed by atoms with van der Waals surface area (Å²) >= 11 is 0. The topological polar surface area (TPSA) is 77.1 Å². The lowest BCUT2D eigenvalue weighted by Gasteiger charge is -2.16. The molecule has 1 atom stereocenters. The Morgan fingerprint density at radius 3 is 2.70 bits per heavy atom. The summed E-state index contributed by atoms with van der Waals surface area (Å²) in [5.41, 5.74) is 1.24. The van der Waals surface area contributed by atoms with Crippen molar-refractivity contribution in [2.45, 2.75) is 25.8 Å². The standard InChI is InChI=1S/C20H20FN3O3/c1-14-4-9-20(26)24(23-14)13-19(25)22-11-10-17(18-3-2-12-27-18)15-5-7-16(21)8-6-15/h2-9,12,17H,10-11,13H2,1H3,(H,22,25). The summed E-state index contributed by atoms with van der Waals surface area (Å²) in [6, 6.07) is 12.9. The van der Waals surface area contributed by atoms with Crippen molar-refractivity contribution in [1.82, 2.24) is 15.1 Å². The van der Waals surface area contributed by atoms with Crippen LogP contribution in [0.2, 0.25) is 0 Å². The number of hydrogen-bond acceptors (Lipinski definition) is 4. The quantitative estimate of drug-likeness (QED) is 0.695. The average molecular weight is 369 g/mol. The third kappa shape index (κ3) is 4.91. The van der Waals surface area contributed by atoms with Gasteiger partial charge in [-0.05, 0) is 49.2 Å². The van der Waals surface area contributed by atoms with Crippen LogP contribution in [0.5, 0.6) is 0 Å². The highest BCUT2D eigenvalue weighted by Crippen LogP contribution is 2.28. The molecule has 0 bridgehead atoms. The Hall–Kier alpha value is -3.22. The summed E-state index contributed by atoms with van der Waals surface area (Å²) < 4.78 is 19.8. The zero-order valence-corrected chi connectivity index (χ0v) is 14.9. The molecule has 0 spiro atoms. The zero-order chi connectivity index (χ0) is 19.2. The predicted molar refractivity (Wildman–Crippen MR) is 97.8 cm³/mol. The lowest BCUT2D eigenvalue weighted by Crippen LogP contribution is -2.34. The van der Waals surface area contributed by atoms with Crippen LogP contribution in [0.4, 0.5) is 4.39 Å². The first kappa shape index (κ1) is 18.6. The average Bonchev–Trinajstić information content (AvgIpc) is 3.17. The molecule has 7 heteroatoms. The lowest BCUT2D eigenvalue weighted by atomic mass is 9.93. The highest BCUT2D eigenvalue weighted by Gasteiger charge is 2.17. The lowest BCUT2D eigenvalue weighted by molar-refractivity contribution is -0.121.